The predicted molar refractivity (Wildman–Crippen MR) is 83.5 cm³/mol. The number of rotatable bonds is 7. The van der Waals surface area contributed by atoms with Crippen molar-refractivity contribution in [1.82, 2.24) is 4.90 Å². The van der Waals surface area contributed by atoms with Crippen LogP contribution in [0.15, 0.2) is 30.3 Å². The summed E-state index contributed by atoms with van der Waals surface area (Å²) in [6.07, 6.45) is 5.49. The van der Waals surface area contributed by atoms with E-state index in [1.807, 2.05) is 6.07 Å². The van der Waals surface area contributed by atoms with Crippen molar-refractivity contribution in [2.45, 2.75) is 46.0 Å². The van der Waals surface area contributed by atoms with Crippen molar-refractivity contribution in [3.63, 3.8) is 0 Å². The molecule has 1 fully saturated rings. The molecule has 1 amide bonds. The summed E-state index contributed by atoms with van der Waals surface area (Å²) in [5, 5.41) is 0. The van der Waals surface area contributed by atoms with Crippen LogP contribution in [0.3, 0.4) is 0 Å². The molecular weight excluding hydrogens is 246 g/mol. The first-order valence-electron chi connectivity index (χ1n) is 8.00. The predicted octanol–water partition coefficient (Wildman–Crippen LogP) is 3.90. The molecule has 1 unspecified atom stereocenters. The molecule has 20 heavy (non-hydrogen) atoms. The third-order valence-corrected chi connectivity index (χ3v) is 4.32. The van der Waals surface area contributed by atoms with Gasteiger partial charge < -0.3 is 4.90 Å². The summed E-state index contributed by atoms with van der Waals surface area (Å²) in [6.45, 7) is 6.41. The first-order chi connectivity index (χ1) is 9.69. The van der Waals surface area contributed by atoms with Gasteiger partial charge in [0.25, 0.3) is 0 Å². The highest BCUT2D eigenvalue weighted by molar-refractivity contribution is 5.78. The van der Waals surface area contributed by atoms with Crippen molar-refractivity contribution in [1.29, 1.82) is 0 Å². The van der Waals surface area contributed by atoms with Crippen molar-refractivity contribution >= 4 is 5.91 Å². The van der Waals surface area contributed by atoms with Gasteiger partial charge in [0.2, 0.25) is 5.91 Å². The summed E-state index contributed by atoms with van der Waals surface area (Å²) in [5.74, 6) is 1.70. The Hall–Kier alpha value is -1.31. The van der Waals surface area contributed by atoms with Crippen LogP contribution in [0.25, 0.3) is 0 Å². The lowest BCUT2D eigenvalue weighted by Gasteiger charge is -2.18. The van der Waals surface area contributed by atoms with E-state index in [1.54, 1.807) is 0 Å². The largest absolute Gasteiger partial charge is 0.342 e. The zero-order valence-electron chi connectivity index (χ0n) is 12.8. The second-order valence-corrected chi connectivity index (χ2v) is 6.28. The monoisotopic (exact) mass is 273 g/mol. The van der Waals surface area contributed by atoms with Gasteiger partial charge in [-0.3, -0.25) is 4.79 Å². The van der Waals surface area contributed by atoms with Crippen LogP contribution in [0.1, 0.15) is 45.1 Å². The summed E-state index contributed by atoms with van der Waals surface area (Å²) >= 11 is 0. The van der Waals surface area contributed by atoms with Crippen LogP contribution in [0, 0.1) is 11.8 Å². The maximum absolute atomic E-state index is 12.1. The van der Waals surface area contributed by atoms with Crippen LogP contribution in [0.2, 0.25) is 0 Å². The highest BCUT2D eigenvalue weighted by atomic mass is 16.2. The normalized spacial score (nSPS) is 20.4. The lowest BCUT2D eigenvalue weighted by atomic mass is 9.92. The topological polar surface area (TPSA) is 20.3 Å². The van der Waals surface area contributed by atoms with E-state index in [0.717, 1.165) is 31.8 Å². The minimum Gasteiger partial charge on any atom is -0.342 e. The zero-order valence-corrected chi connectivity index (χ0v) is 12.8. The standard InChI is InChI=1S/C18H27NO/c1-3-7-15(2)12-17-13-18(20)19(14-17)11-10-16-8-5-4-6-9-16/h4-6,8-9,15,17H,3,7,10-14H2,1-2H3/t15?,17-/m0/s1. The molecule has 0 saturated carbocycles. The number of hydrogen-bond acceptors (Lipinski definition) is 1. The Kier molecular flexibility index (Phi) is 5.63. The maximum Gasteiger partial charge on any atom is 0.222 e. The minimum atomic E-state index is 0.356. The Morgan fingerprint density at radius 3 is 2.75 bits per heavy atom. The number of carbonyl (C=O) groups excluding carboxylic acids is 1. The number of likely N-dealkylation sites (tertiary alicyclic amines) is 1. The van der Waals surface area contributed by atoms with E-state index in [2.05, 4.69) is 43.0 Å². The smallest absolute Gasteiger partial charge is 0.222 e. The molecule has 2 nitrogen and oxygen atoms in total. The number of amides is 1. The Balaban J connectivity index is 1.78. The highest BCUT2D eigenvalue weighted by Gasteiger charge is 2.29. The van der Waals surface area contributed by atoms with Gasteiger partial charge in [0.05, 0.1) is 0 Å². The van der Waals surface area contributed by atoms with Gasteiger partial charge in [-0.15, -0.1) is 0 Å². The third kappa shape index (κ3) is 4.36. The second-order valence-electron chi connectivity index (χ2n) is 6.28. The highest BCUT2D eigenvalue weighted by Crippen LogP contribution is 2.26. The summed E-state index contributed by atoms with van der Waals surface area (Å²) in [5.41, 5.74) is 1.32. The van der Waals surface area contributed by atoms with E-state index in [9.17, 15) is 4.79 Å². The molecule has 1 heterocycles. The molecule has 0 radical (unpaired) electrons. The van der Waals surface area contributed by atoms with Crippen LogP contribution in [-0.4, -0.2) is 23.9 Å². The van der Waals surface area contributed by atoms with Crippen LogP contribution in [0.4, 0.5) is 0 Å². The Morgan fingerprint density at radius 2 is 2.05 bits per heavy atom. The van der Waals surface area contributed by atoms with Crippen LogP contribution in [-0.2, 0) is 11.2 Å². The van der Waals surface area contributed by atoms with E-state index < -0.39 is 0 Å². The van der Waals surface area contributed by atoms with Gasteiger partial charge in [-0.05, 0) is 30.2 Å². The average Bonchev–Trinajstić information content (AvgIpc) is 2.78. The number of nitrogens with zero attached hydrogens (tertiary/aromatic N) is 1. The van der Waals surface area contributed by atoms with Gasteiger partial charge in [0, 0.05) is 19.5 Å². The zero-order chi connectivity index (χ0) is 14.4. The first-order valence-corrected chi connectivity index (χ1v) is 8.00. The molecule has 110 valence electrons. The molecule has 1 aromatic carbocycles. The van der Waals surface area contributed by atoms with Crippen molar-refractivity contribution in [3.05, 3.63) is 35.9 Å². The van der Waals surface area contributed by atoms with E-state index in [4.69, 9.17) is 0 Å². The van der Waals surface area contributed by atoms with Crippen molar-refractivity contribution in [2.24, 2.45) is 11.8 Å². The average molecular weight is 273 g/mol. The molecule has 2 heteroatoms. The van der Waals surface area contributed by atoms with Gasteiger partial charge in [-0.25, -0.2) is 0 Å². The molecule has 1 saturated heterocycles. The third-order valence-electron chi connectivity index (χ3n) is 4.32. The van der Waals surface area contributed by atoms with Gasteiger partial charge in [-0.1, -0.05) is 57.0 Å². The van der Waals surface area contributed by atoms with E-state index in [-0.39, 0.29) is 0 Å². The maximum atomic E-state index is 12.1. The van der Waals surface area contributed by atoms with Gasteiger partial charge in [0.15, 0.2) is 0 Å². The van der Waals surface area contributed by atoms with Gasteiger partial charge in [0.1, 0.15) is 0 Å². The number of benzene rings is 1. The molecular formula is C18H27NO. The number of hydrogen-bond donors (Lipinski definition) is 0. The van der Waals surface area contributed by atoms with Gasteiger partial charge in [-0.2, -0.15) is 0 Å². The summed E-state index contributed by atoms with van der Waals surface area (Å²) < 4.78 is 0. The molecule has 1 aliphatic rings. The number of carbonyl (C=O) groups is 1. The fourth-order valence-electron chi connectivity index (χ4n) is 3.32. The van der Waals surface area contributed by atoms with Crippen molar-refractivity contribution in [3.8, 4) is 0 Å². The molecule has 0 aromatic heterocycles. The SMILES string of the molecule is CCCC(C)C[C@H]1CC(=O)N(CCc2ccccc2)C1. The van der Waals surface area contributed by atoms with Gasteiger partial charge >= 0.3 is 0 Å². The Bertz CT molecular complexity index is 415. The molecule has 1 aliphatic heterocycles. The van der Waals surface area contributed by atoms with E-state index in [1.165, 1.54) is 24.8 Å². The summed E-state index contributed by atoms with van der Waals surface area (Å²) in [6, 6.07) is 10.4. The first kappa shape index (κ1) is 15.1. The minimum absolute atomic E-state index is 0.356. The lowest BCUT2D eigenvalue weighted by molar-refractivity contribution is -0.127. The van der Waals surface area contributed by atoms with E-state index in [0.29, 0.717) is 11.8 Å². The van der Waals surface area contributed by atoms with Crippen LogP contribution in [0.5, 0.6) is 0 Å². The van der Waals surface area contributed by atoms with E-state index >= 15 is 0 Å². The lowest BCUT2D eigenvalue weighted by Crippen LogP contribution is -2.27. The molecule has 0 aliphatic carbocycles. The molecule has 1 aromatic rings. The molecule has 2 atom stereocenters. The summed E-state index contributed by atoms with van der Waals surface area (Å²) in [7, 11) is 0. The fraction of sp³-hybridized carbons (Fsp3) is 0.611. The molecule has 0 bridgehead atoms. The van der Waals surface area contributed by atoms with Crippen LogP contribution >= 0.6 is 0 Å². The second kappa shape index (κ2) is 7.47. The molecule has 2 rings (SSSR count). The molecule has 0 spiro atoms. The Labute approximate surface area is 123 Å². The van der Waals surface area contributed by atoms with Crippen molar-refractivity contribution in [2.75, 3.05) is 13.1 Å². The quantitative estimate of drug-likeness (QED) is 0.737. The van der Waals surface area contributed by atoms with Crippen LogP contribution < -0.4 is 0 Å². The van der Waals surface area contributed by atoms with Crippen molar-refractivity contribution < 1.29 is 4.79 Å². The Morgan fingerprint density at radius 1 is 1.30 bits per heavy atom. The molecule has 0 N–H and O–H groups in total. The fourth-order valence-corrected chi connectivity index (χ4v) is 3.32. The summed E-state index contributed by atoms with van der Waals surface area (Å²) in [4.78, 5) is 14.1.